The Morgan fingerprint density at radius 3 is 2.50 bits per heavy atom. The average molecular weight is 432 g/mol. The molecule has 1 aliphatic carbocycles. The maximum atomic E-state index is 12.4. The summed E-state index contributed by atoms with van der Waals surface area (Å²) in [5, 5.41) is 12.4. The predicted octanol–water partition coefficient (Wildman–Crippen LogP) is 4.49. The van der Waals surface area contributed by atoms with Crippen molar-refractivity contribution >= 4 is 0 Å². The van der Waals surface area contributed by atoms with Crippen LogP contribution in [0.25, 0.3) is 0 Å². The summed E-state index contributed by atoms with van der Waals surface area (Å²) in [5.41, 5.74) is 0.260. The lowest BCUT2D eigenvalue weighted by atomic mass is 9.71. The maximum Gasteiger partial charge on any atom is 0.231 e. The fourth-order valence-electron chi connectivity index (χ4n) is 5.72. The number of hydrogen-bond acceptors (Lipinski definition) is 6. The van der Waals surface area contributed by atoms with Gasteiger partial charge >= 0.3 is 0 Å². The maximum absolute atomic E-state index is 12.4. The zero-order chi connectivity index (χ0) is 21.9. The van der Waals surface area contributed by atoms with Crippen molar-refractivity contribution in [3.63, 3.8) is 0 Å². The molecule has 1 fully saturated rings. The summed E-state index contributed by atoms with van der Waals surface area (Å²) in [5.74, 6) is 3.00. The number of hydrogen-bond donors (Lipinski definition) is 1. The summed E-state index contributed by atoms with van der Waals surface area (Å²) in [6, 6.07) is 19.6. The molecule has 164 valence electrons. The van der Waals surface area contributed by atoms with E-state index >= 15 is 0 Å². The van der Waals surface area contributed by atoms with Crippen molar-refractivity contribution in [1.29, 1.82) is 0 Å². The lowest BCUT2D eigenvalue weighted by Crippen LogP contribution is -2.48. The molecule has 3 unspecified atom stereocenters. The fraction of sp³-hybridized carbons (Fsp3) is 0.308. The molecule has 6 nitrogen and oxygen atoms in total. The number of aliphatic hydroxyl groups is 1. The Kier molecular flexibility index (Phi) is 4.11. The van der Waals surface area contributed by atoms with E-state index in [4.69, 9.17) is 23.7 Å². The lowest BCUT2D eigenvalue weighted by molar-refractivity contribution is -0.106. The first-order valence-corrected chi connectivity index (χ1v) is 10.7. The van der Waals surface area contributed by atoms with Crippen molar-refractivity contribution < 1.29 is 28.8 Å². The van der Waals surface area contributed by atoms with Crippen LogP contribution in [0.4, 0.5) is 0 Å². The van der Waals surface area contributed by atoms with Crippen molar-refractivity contribution in [2.24, 2.45) is 0 Å². The van der Waals surface area contributed by atoms with E-state index in [2.05, 4.69) is 12.1 Å². The smallest absolute Gasteiger partial charge is 0.231 e. The third-order valence-corrected chi connectivity index (χ3v) is 7.08. The van der Waals surface area contributed by atoms with Gasteiger partial charge in [0.2, 0.25) is 6.79 Å². The van der Waals surface area contributed by atoms with Crippen LogP contribution in [0.1, 0.15) is 35.4 Å². The molecule has 3 aliphatic rings. The van der Waals surface area contributed by atoms with Gasteiger partial charge in [0.1, 0.15) is 22.8 Å². The molecule has 0 radical (unpaired) electrons. The first kappa shape index (κ1) is 19.3. The number of rotatable bonds is 4. The molecule has 6 rings (SSSR count). The van der Waals surface area contributed by atoms with Crippen LogP contribution >= 0.6 is 0 Å². The van der Waals surface area contributed by atoms with Gasteiger partial charge in [0.15, 0.2) is 17.1 Å². The summed E-state index contributed by atoms with van der Waals surface area (Å²) in [7, 11) is 3.20. The van der Waals surface area contributed by atoms with E-state index in [-0.39, 0.29) is 12.7 Å². The van der Waals surface area contributed by atoms with Crippen molar-refractivity contribution in [2.75, 3.05) is 21.0 Å². The van der Waals surface area contributed by atoms with Crippen molar-refractivity contribution in [2.45, 2.75) is 30.0 Å². The van der Waals surface area contributed by atoms with Gasteiger partial charge in [-0.25, -0.2) is 0 Å². The summed E-state index contributed by atoms with van der Waals surface area (Å²) < 4.78 is 29.2. The highest BCUT2D eigenvalue weighted by Crippen LogP contribution is 2.68. The zero-order valence-electron chi connectivity index (χ0n) is 18.0. The van der Waals surface area contributed by atoms with Crippen molar-refractivity contribution in [1.82, 2.24) is 0 Å². The Balaban J connectivity index is 1.62. The van der Waals surface area contributed by atoms with Crippen LogP contribution in [-0.4, -0.2) is 26.1 Å². The number of fused-ring (bicyclic) bond motifs is 4. The second-order valence-corrected chi connectivity index (χ2v) is 8.47. The first-order valence-electron chi connectivity index (χ1n) is 10.7. The standard InChI is InChI=1S/C26H24O6/c1-28-18-13-22(29-2)24-23(14-18)32-26(17-8-9-20-21(12-17)31-15-30-20)19(10-11-25(24,26)27)16-6-4-3-5-7-16/h3-9,12-14,19,27H,10-11,15H2,1-2H3. The quantitative estimate of drug-likeness (QED) is 0.656. The highest BCUT2D eigenvalue weighted by Gasteiger charge is 2.69. The van der Waals surface area contributed by atoms with E-state index in [1.165, 1.54) is 0 Å². The molecular formula is C26H24O6. The van der Waals surface area contributed by atoms with Crippen LogP contribution in [0.2, 0.25) is 0 Å². The minimum atomic E-state index is -1.30. The van der Waals surface area contributed by atoms with Gasteiger partial charge in [-0.15, -0.1) is 0 Å². The molecule has 32 heavy (non-hydrogen) atoms. The Bertz CT molecular complexity index is 1190. The van der Waals surface area contributed by atoms with Crippen LogP contribution in [0, 0.1) is 0 Å². The van der Waals surface area contributed by atoms with Gasteiger partial charge in [0, 0.05) is 23.6 Å². The van der Waals surface area contributed by atoms with Gasteiger partial charge in [-0.3, -0.25) is 0 Å². The van der Waals surface area contributed by atoms with Gasteiger partial charge in [-0.2, -0.15) is 0 Å². The van der Waals surface area contributed by atoms with Crippen molar-refractivity contribution in [3.05, 3.63) is 77.4 Å². The third-order valence-electron chi connectivity index (χ3n) is 7.08. The van der Waals surface area contributed by atoms with Gasteiger partial charge in [0.05, 0.1) is 19.8 Å². The molecule has 0 aromatic heterocycles. The summed E-state index contributed by atoms with van der Waals surface area (Å²) >= 11 is 0. The lowest BCUT2D eigenvalue weighted by Gasteiger charge is -2.40. The highest BCUT2D eigenvalue weighted by molar-refractivity contribution is 5.62. The SMILES string of the molecule is COc1cc(OC)c2c(c1)OC1(c3ccc4c(c3)OCO4)C(c3ccccc3)CCC21O. The van der Waals surface area contributed by atoms with Crippen LogP contribution < -0.4 is 23.7 Å². The molecule has 2 heterocycles. The van der Waals surface area contributed by atoms with Gasteiger partial charge in [-0.1, -0.05) is 36.4 Å². The van der Waals surface area contributed by atoms with E-state index in [0.29, 0.717) is 40.7 Å². The topological polar surface area (TPSA) is 66.4 Å². The third kappa shape index (κ3) is 2.38. The van der Waals surface area contributed by atoms with E-state index in [9.17, 15) is 5.11 Å². The largest absolute Gasteiger partial charge is 0.496 e. The molecule has 1 N–H and O–H groups in total. The molecule has 1 saturated carbocycles. The fourth-order valence-corrected chi connectivity index (χ4v) is 5.72. The Hall–Kier alpha value is -3.38. The Labute approximate surface area is 186 Å². The first-order chi connectivity index (χ1) is 15.6. The van der Waals surface area contributed by atoms with Crippen LogP contribution in [0.15, 0.2) is 60.7 Å². The van der Waals surface area contributed by atoms with Crippen LogP contribution in [0.3, 0.4) is 0 Å². The average Bonchev–Trinajstić information content (AvgIpc) is 3.48. The molecule has 0 amide bonds. The summed E-state index contributed by atoms with van der Waals surface area (Å²) in [6.45, 7) is 0.185. The van der Waals surface area contributed by atoms with Gasteiger partial charge in [0.25, 0.3) is 0 Å². The second-order valence-electron chi connectivity index (χ2n) is 8.47. The molecule has 3 aromatic rings. The minimum Gasteiger partial charge on any atom is -0.496 e. The second kappa shape index (κ2) is 6.81. The molecule has 3 aromatic carbocycles. The predicted molar refractivity (Wildman–Crippen MR) is 117 cm³/mol. The number of methoxy groups -OCH3 is 2. The molecule has 0 spiro atoms. The van der Waals surface area contributed by atoms with E-state index in [1.54, 1.807) is 20.3 Å². The summed E-state index contributed by atoms with van der Waals surface area (Å²) in [4.78, 5) is 0. The Morgan fingerprint density at radius 2 is 1.72 bits per heavy atom. The molecule has 2 aliphatic heterocycles. The molecular weight excluding hydrogens is 408 g/mol. The van der Waals surface area contributed by atoms with Crippen LogP contribution in [0.5, 0.6) is 28.7 Å². The van der Waals surface area contributed by atoms with Crippen molar-refractivity contribution in [3.8, 4) is 28.7 Å². The van der Waals surface area contributed by atoms with E-state index in [1.807, 2.05) is 42.5 Å². The van der Waals surface area contributed by atoms with E-state index in [0.717, 1.165) is 17.5 Å². The number of ether oxygens (including phenoxy) is 5. The van der Waals surface area contributed by atoms with Gasteiger partial charge < -0.3 is 28.8 Å². The number of benzene rings is 3. The molecule has 6 heteroatoms. The van der Waals surface area contributed by atoms with E-state index < -0.39 is 11.2 Å². The highest BCUT2D eigenvalue weighted by atomic mass is 16.7. The molecule has 3 atom stereocenters. The normalized spacial score (nSPS) is 26.9. The molecule has 0 saturated heterocycles. The van der Waals surface area contributed by atoms with Crippen LogP contribution in [-0.2, 0) is 11.2 Å². The zero-order valence-corrected chi connectivity index (χ0v) is 18.0. The molecule has 0 bridgehead atoms. The van der Waals surface area contributed by atoms with Gasteiger partial charge in [-0.05, 0) is 30.5 Å². The monoisotopic (exact) mass is 432 g/mol. The Morgan fingerprint density at radius 1 is 0.906 bits per heavy atom. The minimum absolute atomic E-state index is 0.0860. The summed E-state index contributed by atoms with van der Waals surface area (Å²) in [6.07, 6.45) is 1.28.